The van der Waals surface area contributed by atoms with E-state index in [0.29, 0.717) is 17.7 Å². The minimum atomic E-state index is -1.16. The molecule has 1 atom stereocenters. The van der Waals surface area contributed by atoms with Crippen molar-refractivity contribution in [1.82, 2.24) is 9.99 Å². The molecule has 0 bridgehead atoms. The summed E-state index contributed by atoms with van der Waals surface area (Å²) in [4.78, 5) is 25.6. The van der Waals surface area contributed by atoms with Gasteiger partial charge < -0.3 is 5.11 Å². The molecule has 0 spiro atoms. The van der Waals surface area contributed by atoms with E-state index in [1.54, 1.807) is 36.7 Å². The van der Waals surface area contributed by atoms with Crippen molar-refractivity contribution in [2.45, 2.75) is 12.5 Å². The Labute approximate surface area is 130 Å². The lowest BCUT2D eigenvalue weighted by Gasteiger charge is -2.18. The Morgan fingerprint density at radius 1 is 1.30 bits per heavy atom. The van der Waals surface area contributed by atoms with E-state index in [1.165, 1.54) is 12.1 Å². The Morgan fingerprint density at radius 2 is 2.04 bits per heavy atom. The van der Waals surface area contributed by atoms with Gasteiger partial charge in [0.05, 0.1) is 16.7 Å². The molecule has 0 saturated heterocycles. The van der Waals surface area contributed by atoms with Gasteiger partial charge in [-0.3, -0.25) is 15.1 Å². The fourth-order valence-corrected chi connectivity index (χ4v) is 2.47. The highest BCUT2D eigenvalue weighted by Gasteiger charge is 2.33. The Hall–Kier alpha value is -3.29. The lowest BCUT2D eigenvalue weighted by Crippen LogP contribution is -2.25. The maximum Gasteiger partial charge on any atom is 0.428 e. The molecule has 1 aliphatic rings. The highest BCUT2D eigenvalue weighted by Crippen LogP contribution is 2.32. The van der Waals surface area contributed by atoms with Gasteiger partial charge in [-0.15, -0.1) is 0 Å². The Morgan fingerprint density at radius 3 is 2.61 bits per heavy atom. The number of carboxylic acid groups (broad SMARTS) is 1. The number of hydrogen-bond donors (Lipinski definition) is 1. The molecule has 0 radical (unpaired) electrons. The van der Waals surface area contributed by atoms with E-state index < -0.39 is 17.1 Å². The summed E-state index contributed by atoms with van der Waals surface area (Å²) >= 11 is 0. The fourth-order valence-electron chi connectivity index (χ4n) is 2.47. The normalized spacial score (nSPS) is 17.0. The summed E-state index contributed by atoms with van der Waals surface area (Å²) in [6, 6.07) is 8.97. The van der Waals surface area contributed by atoms with Crippen molar-refractivity contribution in [2.24, 2.45) is 5.10 Å². The number of nitrogens with zero attached hydrogens (tertiary/aromatic N) is 4. The average molecular weight is 312 g/mol. The monoisotopic (exact) mass is 312 g/mol. The second kappa shape index (κ2) is 5.84. The summed E-state index contributed by atoms with van der Waals surface area (Å²) in [6.45, 7) is 0. The standard InChI is InChI=1S/C15H12N4O4/c20-15(21)18-14(11-2-1-7-16-9-11)8-13(17-18)10-3-5-12(6-4-10)19(22)23/h1-7,9,14H,8H2,(H,20,21). The van der Waals surface area contributed by atoms with Crippen molar-refractivity contribution < 1.29 is 14.8 Å². The second-order valence-corrected chi connectivity index (χ2v) is 4.98. The zero-order valence-electron chi connectivity index (χ0n) is 11.9. The van der Waals surface area contributed by atoms with E-state index in [1.807, 2.05) is 0 Å². The van der Waals surface area contributed by atoms with Gasteiger partial charge in [-0.2, -0.15) is 10.1 Å². The number of nitro benzene ring substituents is 1. The van der Waals surface area contributed by atoms with Gasteiger partial charge in [0.25, 0.3) is 5.69 Å². The molecule has 1 unspecified atom stereocenters. The molecule has 3 rings (SSSR count). The van der Waals surface area contributed by atoms with Crippen molar-refractivity contribution in [3.63, 3.8) is 0 Å². The van der Waals surface area contributed by atoms with Gasteiger partial charge in [0, 0.05) is 30.9 Å². The molecule has 1 aliphatic heterocycles. The van der Waals surface area contributed by atoms with Crippen LogP contribution in [0.5, 0.6) is 0 Å². The number of nitro groups is 1. The first-order chi connectivity index (χ1) is 11.1. The third kappa shape index (κ3) is 2.86. The second-order valence-electron chi connectivity index (χ2n) is 4.98. The first kappa shape index (κ1) is 14.6. The quantitative estimate of drug-likeness (QED) is 0.692. The number of benzene rings is 1. The fraction of sp³-hybridized carbons (Fsp3) is 0.133. The minimum Gasteiger partial charge on any atom is -0.464 e. The van der Waals surface area contributed by atoms with Gasteiger partial charge in [-0.1, -0.05) is 6.07 Å². The smallest absolute Gasteiger partial charge is 0.428 e. The van der Waals surface area contributed by atoms with Crippen LogP contribution in [0.3, 0.4) is 0 Å². The minimum absolute atomic E-state index is 0.0220. The predicted octanol–water partition coefficient (Wildman–Crippen LogP) is 2.82. The van der Waals surface area contributed by atoms with Crippen molar-refractivity contribution in [3.8, 4) is 0 Å². The van der Waals surface area contributed by atoms with Gasteiger partial charge in [-0.25, -0.2) is 4.79 Å². The molecule has 0 saturated carbocycles. The molecule has 1 N–H and O–H groups in total. The van der Waals surface area contributed by atoms with Gasteiger partial charge in [0.1, 0.15) is 0 Å². The van der Waals surface area contributed by atoms with Crippen LogP contribution in [-0.2, 0) is 0 Å². The number of rotatable bonds is 3. The summed E-state index contributed by atoms with van der Waals surface area (Å²) in [7, 11) is 0. The van der Waals surface area contributed by atoms with E-state index in [2.05, 4.69) is 10.1 Å². The average Bonchev–Trinajstić information content (AvgIpc) is 3.01. The first-order valence-electron chi connectivity index (χ1n) is 6.80. The van der Waals surface area contributed by atoms with E-state index in [9.17, 15) is 20.0 Å². The molecule has 8 heteroatoms. The number of pyridine rings is 1. The van der Waals surface area contributed by atoms with Gasteiger partial charge >= 0.3 is 6.09 Å². The van der Waals surface area contributed by atoms with E-state index >= 15 is 0 Å². The van der Waals surface area contributed by atoms with Crippen LogP contribution in [0.1, 0.15) is 23.6 Å². The van der Waals surface area contributed by atoms with Crippen LogP contribution < -0.4 is 0 Å². The van der Waals surface area contributed by atoms with Crippen molar-refractivity contribution >= 4 is 17.5 Å². The Balaban J connectivity index is 1.90. The molecular weight excluding hydrogens is 300 g/mol. The van der Waals surface area contributed by atoms with Gasteiger partial charge in [0.2, 0.25) is 0 Å². The van der Waals surface area contributed by atoms with E-state index in [-0.39, 0.29) is 5.69 Å². The molecule has 0 aliphatic carbocycles. The van der Waals surface area contributed by atoms with Crippen molar-refractivity contribution in [3.05, 3.63) is 70.0 Å². The van der Waals surface area contributed by atoms with E-state index in [0.717, 1.165) is 10.6 Å². The van der Waals surface area contributed by atoms with Crippen LogP contribution in [0, 0.1) is 10.1 Å². The Bertz CT molecular complexity index is 774. The number of hydrazone groups is 1. The third-order valence-electron chi connectivity index (χ3n) is 3.59. The van der Waals surface area contributed by atoms with Crippen LogP contribution in [0.4, 0.5) is 10.5 Å². The summed E-state index contributed by atoms with van der Waals surface area (Å²) in [6.07, 6.45) is 2.45. The highest BCUT2D eigenvalue weighted by molar-refractivity contribution is 6.02. The zero-order valence-corrected chi connectivity index (χ0v) is 11.9. The lowest BCUT2D eigenvalue weighted by molar-refractivity contribution is -0.384. The summed E-state index contributed by atoms with van der Waals surface area (Å²) in [5, 5.41) is 25.2. The van der Waals surface area contributed by atoms with Crippen molar-refractivity contribution in [1.29, 1.82) is 0 Å². The number of carbonyl (C=O) groups is 1. The lowest BCUT2D eigenvalue weighted by atomic mass is 9.99. The first-order valence-corrected chi connectivity index (χ1v) is 6.80. The van der Waals surface area contributed by atoms with Crippen LogP contribution in [-0.4, -0.2) is 31.8 Å². The number of amides is 1. The molecule has 1 aromatic heterocycles. The molecule has 8 nitrogen and oxygen atoms in total. The molecule has 2 heterocycles. The molecule has 116 valence electrons. The molecule has 1 amide bonds. The largest absolute Gasteiger partial charge is 0.464 e. The van der Waals surface area contributed by atoms with E-state index in [4.69, 9.17) is 0 Å². The zero-order chi connectivity index (χ0) is 16.4. The number of aromatic nitrogens is 1. The maximum atomic E-state index is 11.4. The third-order valence-corrected chi connectivity index (χ3v) is 3.59. The summed E-state index contributed by atoms with van der Waals surface area (Å²) in [5.74, 6) is 0. The maximum absolute atomic E-state index is 11.4. The van der Waals surface area contributed by atoms with Crippen LogP contribution in [0.2, 0.25) is 0 Å². The van der Waals surface area contributed by atoms with Crippen molar-refractivity contribution in [2.75, 3.05) is 0 Å². The molecule has 23 heavy (non-hydrogen) atoms. The SMILES string of the molecule is O=C(O)N1N=C(c2ccc([N+](=O)[O-])cc2)CC1c1cccnc1. The molecule has 1 aromatic carbocycles. The van der Waals surface area contributed by atoms with Gasteiger partial charge in [0.15, 0.2) is 0 Å². The predicted molar refractivity (Wildman–Crippen MR) is 81.1 cm³/mol. The number of non-ortho nitro benzene ring substituents is 1. The van der Waals surface area contributed by atoms with Crippen LogP contribution in [0.25, 0.3) is 0 Å². The Kier molecular flexibility index (Phi) is 3.71. The summed E-state index contributed by atoms with van der Waals surface area (Å²) < 4.78 is 0. The molecule has 0 fully saturated rings. The topological polar surface area (TPSA) is 109 Å². The highest BCUT2D eigenvalue weighted by atomic mass is 16.6. The molecular formula is C15H12N4O4. The van der Waals surface area contributed by atoms with Crippen LogP contribution in [0.15, 0.2) is 53.9 Å². The van der Waals surface area contributed by atoms with Crippen LogP contribution >= 0.6 is 0 Å². The number of hydrogen-bond acceptors (Lipinski definition) is 5. The summed E-state index contributed by atoms with van der Waals surface area (Å²) in [5.41, 5.74) is 1.95. The van der Waals surface area contributed by atoms with Gasteiger partial charge in [-0.05, 0) is 29.3 Å². The molecule has 2 aromatic rings.